The molecule has 1 aromatic rings. The smallest absolute Gasteiger partial charge is 0.227 e. The first kappa shape index (κ1) is 15.4. The number of rotatable bonds is 4. The van der Waals surface area contributed by atoms with Crippen molar-refractivity contribution in [3.05, 3.63) is 34.1 Å². The van der Waals surface area contributed by atoms with Gasteiger partial charge in [-0.2, -0.15) is 0 Å². The fourth-order valence-electron chi connectivity index (χ4n) is 2.32. The summed E-state index contributed by atoms with van der Waals surface area (Å²) in [6.45, 7) is 3.66. The molecule has 0 saturated carbocycles. The number of aliphatic hydroxyl groups is 1. The van der Waals surface area contributed by atoms with Crippen LogP contribution >= 0.6 is 15.9 Å². The maximum atomic E-state index is 13.2. The first-order valence-electron chi connectivity index (χ1n) is 6.65. The Balaban J connectivity index is 1.91. The molecule has 1 aromatic carbocycles. The number of β-amino-alcohol motifs (C(OH)–C–C–N with tert-alkyl or cyclic N) is 1. The van der Waals surface area contributed by atoms with Crippen LogP contribution in [0.3, 0.4) is 0 Å². The van der Waals surface area contributed by atoms with E-state index in [0.717, 1.165) is 17.6 Å². The maximum Gasteiger partial charge on any atom is 0.227 e. The summed E-state index contributed by atoms with van der Waals surface area (Å²) in [4.78, 5) is 16.1. The van der Waals surface area contributed by atoms with Gasteiger partial charge in [-0.25, -0.2) is 4.39 Å². The number of carbonyl (C=O) groups is 1. The van der Waals surface area contributed by atoms with Crippen LogP contribution < -0.4 is 0 Å². The van der Waals surface area contributed by atoms with E-state index in [2.05, 4.69) is 20.8 Å². The molecule has 1 fully saturated rings. The molecule has 0 unspecified atom stereocenters. The van der Waals surface area contributed by atoms with Crippen LogP contribution in [0.4, 0.5) is 4.39 Å². The quantitative estimate of drug-likeness (QED) is 0.894. The molecule has 0 spiro atoms. The number of amides is 1. The van der Waals surface area contributed by atoms with Gasteiger partial charge >= 0.3 is 0 Å². The molecule has 20 heavy (non-hydrogen) atoms. The molecule has 0 bridgehead atoms. The highest BCUT2D eigenvalue weighted by Crippen LogP contribution is 2.19. The highest BCUT2D eigenvalue weighted by atomic mass is 79.9. The number of carbonyl (C=O) groups excluding carboxylic acids is 1. The number of nitrogens with zero attached hydrogens (tertiary/aromatic N) is 2. The standard InChI is InChI=1S/C14H18BrFN2O2/c15-13-2-1-12(16)9-11(13)10-14(20)18-5-3-17(4-6-18)7-8-19/h1-2,9,19H,3-8,10H2. The van der Waals surface area contributed by atoms with Crippen LogP contribution in [-0.4, -0.2) is 60.1 Å². The van der Waals surface area contributed by atoms with Crippen LogP contribution in [-0.2, 0) is 11.2 Å². The van der Waals surface area contributed by atoms with Crippen LogP contribution in [0.5, 0.6) is 0 Å². The van der Waals surface area contributed by atoms with E-state index in [1.807, 2.05) is 0 Å². The summed E-state index contributed by atoms with van der Waals surface area (Å²) in [5, 5.41) is 8.88. The van der Waals surface area contributed by atoms with E-state index in [9.17, 15) is 9.18 Å². The Morgan fingerprint density at radius 1 is 1.30 bits per heavy atom. The fourth-order valence-corrected chi connectivity index (χ4v) is 2.70. The maximum absolute atomic E-state index is 13.2. The van der Waals surface area contributed by atoms with E-state index in [-0.39, 0.29) is 24.8 Å². The van der Waals surface area contributed by atoms with Crippen molar-refractivity contribution in [1.82, 2.24) is 9.80 Å². The van der Waals surface area contributed by atoms with Gasteiger partial charge in [0.25, 0.3) is 0 Å². The van der Waals surface area contributed by atoms with Gasteiger partial charge in [0, 0.05) is 37.2 Å². The van der Waals surface area contributed by atoms with E-state index < -0.39 is 0 Å². The van der Waals surface area contributed by atoms with Crippen LogP contribution in [0.2, 0.25) is 0 Å². The zero-order valence-electron chi connectivity index (χ0n) is 11.2. The lowest BCUT2D eigenvalue weighted by Crippen LogP contribution is -2.49. The van der Waals surface area contributed by atoms with Gasteiger partial charge in [0.2, 0.25) is 5.91 Å². The van der Waals surface area contributed by atoms with Gasteiger partial charge in [-0.15, -0.1) is 0 Å². The summed E-state index contributed by atoms with van der Waals surface area (Å²) in [5.41, 5.74) is 0.674. The second kappa shape index (κ2) is 7.15. The van der Waals surface area contributed by atoms with E-state index in [0.29, 0.717) is 25.2 Å². The van der Waals surface area contributed by atoms with E-state index in [1.54, 1.807) is 11.0 Å². The minimum absolute atomic E-state index is 0.0138. The van der Waals surface area contributed by atoms with Crippen LogP contribution in [0.25, 0.3) is 0 Å². The summed E-state index contributed by atoms with van der Waals surface area (Å²) in [6, 6.07) is 4.38. The van der Waals surface area contributed by atoms with Crippen molar-refractivity contribution in [2.24, 2.45) is 0 Å². The third-order valence-corrected chi connectivity index (χ3v) is 4.26. The molecule has 1 N–H and O–H groups in total. The third kappa shape index (κ3) is 4.01. The average Bonchev–Trinajstić information content (AvgIpc) is 2.44. The summed E-state index contributed by atoms with van der Waals surface area (Å²) in [5.74, 6) is -0.316. The molecule has 1 heterocycles. The topological polar surface area (TPSA) is 43.8 Å². The largest absolute Gasteiger partial charge is 0.395 e. The molecule has 0 atom stereocenters. The highest BCUT2D eigenvalue weighted by Gasteiger charge is 2.21. The first-order valence-corrected chi connectivity index (χ1v) is 7.44. The Labute approximate surface area is 126 Å². The monoisotopic (exact) mass is 344 g/mol. The lowest BCUT2D eigenvalue weighted by Gasteiger charge is -2.34. The van der Waals surface area contributed by atoms with Gasteiger partial charge in [-0.3, -0.25) is 9.69 Å². The Morgan fingerprint density at radius 3 is 2.65 bits per heavy atom. The summed E-state index contributed by atoms with van der Waals surface area (Å²) >= 11 is 3.34. The fraction of sp³-hybridized carbons (Fsp3) is 0.500. The van der Waals surface area contributed by atoms with Gasteiger partial charge in [0.05, 0.1) is 13.0 Å². The molecular formula is C14H18BrFN2O2. The predicted octanol–water partition coefficient (Wildman–Crippen LogP) is 1.27. The second-order valence-corrected chi connectivity index (χ2v) is 5.71. The van der Waals surface area contributed by atoms with Crippen LogP contribution in [0.15, 0.2) is 22.7 Å². The Morgan fingerprint density at radius 2 is 2.00 bits per heavy atom. The molecule has 110 valence electrons. The van der Waals surface area contributed by atoms with Crippen molar-refractivity contribution in [3.63, 3.8) is 0 Å². The van der Waals surface area contributed by atoms with Crippen molar-refractivity contribution < 1.29 is 14.3 Å². The Hall–Kier alpha value is -0.980. The number of halogens is 2. The predicted molar refractivity (Wildman–Crippen MR) is 77.9 cm³/mol. The lowest BCUT2D eigenvalue weighted by atomic mass is 10.1. The van der Waals surface area contributed by atoms with E-state index in [4.69, 9.17) is 5.11 Å². The van der Waals surface area contributed by atoms with Gasteiger partial charge in [0.15, 0.2) is 0 Å². The number of hydrogen-bond acceptors (Lipinski definition) is 3. The number of aliphatic hydroxyl groups excluding tert-OH is 1. The Bertz CT molecular complexity index is 476. The molecule has 1 saturated heterocycles. The summed E-state index contributed by atoms with van der Waals surface area (Å²) < 4.78 is 14.0. The number of benzene rings is 1. The first-order chi connectivity index (χ1) is 9.60. The molecular weight excluding hydrogens is 327 g/mol. The molecule has 6 heteroatoms. The Kier molecular flexibility index (Phi) is 5.51. The van der Waals surface area contributed by atoms with Gasteiger partial charge in [-0.1, -0.05) is 15.9 Å². The molecule has 0 radical (unpaired) electrons. The van der Waals surface area contributed by atoms with Crippen LogP contribution in [0.1, 0.15) is 5.56 Å². The molecule has 2 rings (SSSR count). The summed E-state index contributed by atoms with van der Waals surface area (Å²) in [6.07, 6.45) is 0.207. The lowest BCUT2D eigenvalue weighted by molar-refractivity contribution is -0.132. The van der Waals surface area contributed by atoms with Crippen LogP contribution in [0, 0.1) is 5.82 Å². The number of hydrogen-bond donors (Lipinski definition) is 1. The zero-order valence-corrected chi connectivity index (χ0v) is 12.8. The molecule has 0 aromatic heterocycles. The van der Waals surface area contributed by atoms with Crippen molar-refractivity contribution in [3.8, 4) is 0 Å². The molecule has 1 amide bonds. The number of piperazine rings is 1. The average molecular weight is 345 g/mol. The molecule has 1 aliphatic rings. The SMILES string of the molecule is O=C(Cc1cc(F)ccc1Br)N1CCN(CCO)CC1. The van der Waals surface area contributed by atoms with Crippen molar-refractivity contribution in [2.75, 3.05) is 39.3 Å². The van der Waals surface area contributed by atoms with Gasteiger partial charge in [-0.05, 0) is 23.8 Å². The zero-order chi connectivity index (χ0) is 14.5. The minimum Gasteiger partial charge on any atom is -0.395 e. The van der Waals surface area contributed by atoms with Gasteiger partial charge < -0.3 is 10.0 Å². The molecule has 0 aliphatic carbocycles. The summed E-state index contributed by atoms with van der Waals surface area (Å²) in [7, 11) is 0. The second-order valence-electron chi connectivity index (χ2n) is 4.86. The van der Waals surface area contributed by atoms with Crippen molar-refractivity contribution in [1.29, 1.82) is 0 Å². The normalized spacial score (nSPS) is 16.4. The van der Waals surface area contributed by atoms with Crippen molar-refractivity contribution in [2.45, 2.75) is 6.42 Å². The highest BCUT2D eigenvalue weighted by molar-refractivity contribution is 9.10. The third-order valence-electron chi connectivity index (χ3n) is 3.49. The van der Waals surface area contributed by atoms with Gasteiger partial charge in [0.1, 0.15) is 5.82 Å². The molecule has 4 nitrogen and oxygen atoms in total. The van der Waals surface area contributed by atoms with Crippen molar-refractivity contribution >= 4 is 21.8 Å². The van der Waals surface area contributed by atoms with E-state index >= 15 is 0 Å². The van der Waals surface area contributed by atoms with E-state index in [1.165, 1.54) is 12.1 Å². The minimum atomic E-state index is -0.330. The molecule has 1 aliphatic heterocycles.